The highest BCUT2D eigenvalue weighted by Gasteiger charge is 2.38. The van der Waals surface area contributed by atoms with Crippen LogP contribution in [0.25, 0.3) is 0 Å². The summed E-state index contributed by atoms with van der Waals surface area (Å²) < 4.78 is 42.0. The summed E-state index contributed by atoms with van der Waals surface area (Å²) in [5.74, 6) is -1.74. The fourth-order valence-electron chi connectivity index (χ4n) is 2.18. The van der Waals surface area contributed by atoms with Crippen molar-refractivity contribution >= 4 is 17.6 Å². The van der Waals surface area contributed by atoms with Gasteiger partial charge in [0.25, 0.3) is 0 Å². The molecule has 11 heteroatoms. The van der Waals surface area contributed by atoms with Crippen LogP contribution in [0.5, 0.6) is 11.8 Å². The summed E-state index contributed by atoms with van der Waals surface area (Å²) in [5, 5.41) is 11.3. The van der Waals surface area contributed by atoms with E-state index in [1.165, 1.54) is 0 Å². The van der Waals surface area contributed by atoms with Crippen LogP contribution in [0.1, 0.15) is 16.8 Å². The minimum absolute atomic E-state index is 0.487. The molecule has 1 heterocycles. The van der Waals surface area contributed by atoms with E-state index in [1.54, 1.807) is 20.4 Å². The van der Waals surface area contributed by atoms with Crippen LogP contribution in [-0.4, -0.2) is 48.0 Å². The number of aryl methyl sites for hydroxylation is 1. The Morgan fingerprint density at radius 2 is 1.90 bits per heavy atom. The molecular weight excluding hydrogens is 415 g/mol. The van der Waals surface area contributed by atoms with E-state index in [9.17, 15) is 13.2 Å². The van der Waals surface area contributed by atoms with E-state index in [4.69, 9.17) is 31.0 Å². The first-order chi connectivity index (χ1) is 13.6. The third kappa shape index (κ3) is 8.97. The number of ether oxygens (including phenoxy) is 2. The minimum atomic E-state index is -5.08. The molecule has 2 aromatic rings. The number of benzene rings is 1. The van der Waals surface area contributed by atoms with Crippen LogP contribution >= 0.6 is 11.6 Å². The zero-order valence-corrected chi connectivity index (χ0v) is 16.8. The van der Waals surface area contributed by atoms with Gasteiger partial charge in [0, 0.05) is 24.5 Å². The monoisotopic (exact) mass is 435 g/mol. The molecule has 0 radical (unpaired) electrons. The molecule has 0 fully saturated rings. The number of aliphatic carboxylic acids is 1. The molecule has 7 nitrogen and oxygen atoms in total. The van der Waals surface area contributed by atoms with Gasteiger partial charge < -0.3 is 19.9 Å². The lowest BCUT2D eigenvalue weighted by Crippen LogP contribution is -2.21. The van der Waals surface area contributed by atoms with Crippen LogP contribution in [0.15, 0.2) is 24.4 Å². The molecule has 0 spiro atoms. The summed E-state index contributed by atoms with van der Waals surface area (Å²) in [6, 6.07) is 6.03. The van der Waals surface area contributed by atoms with Crippen molar-refractivity contribution in [1.29, 1.82) is 0 Å². The highest BCUT2D eigenvalue weighted by atomic mass is 35.5. The normalized spacial score (nSPS) is 10.7. The lowest BCUT2D eigenvalue weighted by Gasteiger charge is -2.09. The molecule has 0 aliphatic heterocycles. The fourth-order valence-corrected chi connectivity index (χ4v) is 2.50. The molecule has 2 rings (SSSR count). The van der Waals surface area contributed by atoms with Crippen molar-refractivity contribution in [1.82, 2.24) is 15.3 Å². The number of halogens is 4. The van der Waals surface area contributed by atoms with E-state index in [1.807, 2.05) is 19.1 Å². The quantitative estimate of drug-likeness (QED) is 0.643. The van der Waals surface area contributed by atoms with Crippen LogP contribution in [0.3, 0.4) is 0 Å². The Hall–Kier alpha value is -2.59. The van der Waals surface area contributed by atoms with Crippen molar-refractivity contribution in [2.24, 2.45) is 0 Å². The third-order valence-electron chi connectivity index (χ3n) is 3.40. The minimum Gasteiger partial charge on any atom is -0.480 e. The lowest BCUT2D eigenvalue weighted by atomic mass is 10.1. The number of methoxy groups -OCH3 is 2. The van der Waals surface area contributed by atoms with Crippen LogP contribution < -0.4 is 14.8 Å². The second-order valence-corrected chi connectivity index (χ2v) is 6.17. The van der Waals surface area contributed by atoms with Gasteiger partial charge in [-0.1, -0.05) is 17.7 Å². The third-order valence-corrected chi connectivity index (χ3v) is 3.62. The van der Waals surface area contributed by atoms with Crippen LogP contribution in [0.4, 0.5) is 13.2 Å². The standard InChI is InChI=1S/C16H20ClN3O2.C2HF3O2/c1-11-6-12(8-13(17)7-11)9-18-5-4-14-16(22-3)19-10-15(20-14)21-2;3-2(4,5)1(6)7/h6-8,10,18H,4-5,9H2,1-3H3;(H,6,7). The highest BCUT2D eigenvalue weighted by molar-refractivity contribution is 6.30. The topological polar surface area (TPSA) is 93.6 Å². The maximum absolute atomic E-state index is 10.6. The summed E-state index contributed by atoms with van der Waals surface area (Å²) in [6.07, 6.45) is -2.84. The molecule has 1 aromatic heterocycles. The SMILES string of the molecule is COc1cnc(OC)c(CCNCc2cc(C)cc(Cl)c2)n1.O=C(O)C(F)(F)F. The Balaban J connectivity index is 0.000000516. The van der Waals surface area contributed by atoms with Crippen LogP contribution in [0, 0.1) is 6.92 Å². The molecule has 0 unspecified atom stereocenters. The fraction of sp³-hybridized carbons (Fsp3) is 0.389. The van der Waals surface area contributed by atoms with Crippen molar-refractivity contribution in [3.8, 4) is 11.8 Å². The second kappa shape index (κ2) is 11.4. The Morgan fingerprint density at radius 1 is 1.24 bits per heavy atom. The molecule has 0 bridgehead atoms. The van der Waals surface area contributed by atoms with Gasteiger partial charge in [-0.15, -0.1) is 0 Å². The maximum atomic E-state index is 10.6. The average molecular weight is 436 g/mol. The van der Waals surface area contributed by atoms with Crippen LogP contribution in [-0.2, 0) is 17.8 Å². The van der Waals surface area contributed by atoms with Gasteiger partial charge in [-0.25, -0.2) is 14.8 Å². The summed E-state index contributed by atoms with van der Waals surface area (Å²) in [7, 11) is 3.15. The van der Waals surface area contributed by atoms with E-state index in [0.29, 0.717) is 18.2 Å². The summed E-state index contributed by atoms with van der Waals surface area (Å²) >= 11 is 6.06. The Bertz CT molecular complexity index is 799. The zero-order chi connectivity index (χ0) is 22.0. The first kappa shape index (κ1) is 24.4. The van der Waals surface area contributed by atoms with Crippen molar-refractivity contribution in [3.63, 3.8) is 0 Å². The second-order valence-electron chi connectivity index (χ2n) is 5.73. The molecule has 29 heavy (non-hydrogen) atoms. The van der Waals surface area contributed by atoms with Gasteiger partial charge >= 0.3 is 12.1 Å². The molecule has 1 aromatic carbocycles. The number of hydrogen-bond donors (Lipinski definition) is 2. The molecule has 0 atom stereocenters. The Labute approximate surface area is 170 Å². The predicted molar refractivity (Wildman–Crippen MR) is 100 cm³/mol. The maximum Gasteiger partial charge on any atom is 0.490 e. The number of carbonyl (C=O) groups is 1. The summed E-state index contributed by atoms with van der Waals surface area (Å²) in [6.45, 7) is 3.54. The molecule has 0 aliphatic rings. The van der Waals surface area contributed by atoms with E-state index >= 15 is 0 Å². The number of nitrogens with zero attached hydrogens (tertiary/aromatic N) is 2. The van der Waals surface area contributed by atoms with Crippen molar-refractivity contribution in [3.05, 3.63) is 46.2 Å². The van der Waals surface area contributed by atoms with E-state index in [-0.39, 0.29) is 0 Å². The molecule has 0 saturated carbocycles. The van der Waals surface area contributed by atoms with Gasteiger partial charge in [0.1, 0.15) is 5.69 Å². The molecule has 0 saturated heterocycles. The average Bonchev–Trinajstić information content (AvgIpc) is 2.64. The van der Waals surface area contributed by atoms with Gasteiger partial charge in [0.2, 0.25) is 11.8 Å². The smallest absolute Gasteiger partial charge is 0.480 e. The molecule has 0 aliphatic carbocycles. The summed E-state index contributed by atoms with van der Waals surface area (Å²) in [5.41, 5.74) is 3.09. The van der Waals surface area contributed by atoms with E-state index in [2.05, 4.69) is 21.4 Å². The van der Waals surface area contributed by atoms with E-state index < -0.39 is 12.1 Å². The van der Waals surface area contributed by atoms with E-state index in [0.717, 1.165) is 34.9 Å². The summed E-state index contributed by atoms with van der Waals surface area (Å²) in [4.78, 5) is 17.4. The van der Waals surface area contributed by atoms with Gasteiger partial charge in [-0.3, -0.25) is 0 Å². The Morgan fingerprint density at radius 3 is 2.41 bits per heavy atom. The number of aromatic nitrogens is 2. The van der Waals surface area contributed by atoms with Gasteiger partial charge in [0.15, 0.2) is 0 Å². The zero-order valence-electron chi connectivity index (χ0n) is 16.0. The largest absolute Gasteiger partial charge is 0.490 e. The number of carboxylic acids is 1. The van der Waals surface area contributed by atoms with Crippen LogP contribution in [0.2, 0.25) is 5.02 Å². The Kier molecular flexibility index (Phi) is 9.63. The molecule has 160 valence electrons. The van der Waals surface area contributed by atoms with Gasteiger partial charge in [-0.2, -0.15) is 13.2 Å². The van der Waals surface area contributed by atoms with Crippen molar-refractivity contribution in [2.75, 3.05) is 20.8 Å². The molecule has 2 N–H and O–H groups in total. The predicted octanol–water partition coefficient (Wildman–Crippen LogP) is 3.42. The van der Waals surface area contributed by atoms with Gasteiger partial charge in [0.05, 0.1) is 20.4 Å². The molecule has 0 amide bonds. The number of carboxylic acid groups (broad SMARTS) is 1. The van der Waals surface area contributed by atoms with Crippen molar-refractivity contribution < 1.29 is 32.5 Å². The van der Waals surface area contributed by atoms with Gasteiger partial charge in [-0.05, 0) is 30.2 Å². The molecular formula is C18H21ClF3N3O4. The lowest BCUT2D eigenvalue weighted by molar-refractivity contribution is -0.192. The highest BCUT2D eigenvalue weighted by Crippen LogP contribution is 2.17. The number of rotatable bonds is 7. The first-order valence-electron chi connectivity index (χ1n) is 8.27. The van der Waals surface area contributed by atoms with Crippen molar-refractivity contribution in [2.45, 2.75) is 26.1 Å². The number of hydrogen-bond acceptors (Lipinski definition) is 6. The first-order valence-corrected chi connectivity index (χ1v) is 8.65. The number of alkyl halides is 3. The number of nitrogens with one attached hydrogen (secondary N) is 1.